The first-order valence-electron chi connectivity index (χ1n) is 11.7. The van der Waals surface area contributed by atoms with Crippen LogP contribution in [-0.2, 0) is 33.5 Å². The summed E-state index contributed by atoms with van der Waals surface area (Å²) in [5.41, 5.74) is 1.91. The van der Waals surface area contributed by atoms with Crippen molar-refractivity contribution in [3.8, 4) is 5.75 Å². The van der Waals surface area contributed by atoms with Crippen LogP contribution in [0.15, 0.2) is 64.2 Å². The summed E-state index contributed by atoms with van der Waals surface area (Å²) in [5.74, 6) is 1.10. The summed E-state index contributed by atoms with van der Waals surface area (Å²) in [7, 11) is 3.01. The Labute approximate surface area is 203 Å². The smallest absolute Gasteiger partial charge is 0.332 e. The number of imidazole rings is 1. The molecule has 0 aliphatic carbocycles. The molecule has 0 bridgehead atoms. The number of fused-ring (bicyclic) bond motifs is 1. The summed E-state index contributed by atoms with van der Waals surface area (Å²) in [6.45, 7) is 2.75. The summed E-state index contributed by atoms with van der Waals surface area (Å²) in [5, 5.41) is 14.1. The van der Waals surface area contributed by atoms with Gasteiger partial charge in [0, 0.05) is 20.6 Å². The van der Waals surface area contributed by atoms with Gasteiger partial charge in [-0.15, -0.1) is 0 Å². The number of anilines is 1. The predicted octanol–water partition coefficient (Wildman–Crippen LogP) is 2.09. The standard InChI is InChI=1S/C26H31N5O4/c1-4-18-11-8-12-21(15-18)35-17-20(32)16-31-22-23(29(2)26(34)30(3)24(22)33)28-25(31)27-14-13-19-9-6-5-7-10-19/h5-12,15,20,32H,4,13-14,16-17H2,1-3H3,(H,27,28)/t20-/m1/s1. The summed E-state index contributed by atoms with van der Waals surface area (Å²) in [6.07, 6.45) is 0.732. The molecule has 2 aromatic carbocycles. The second-order valence-corrected chi connectivity index (χ2v) is 8.55. The molecule has 0 aliphatic rings. The van der Waals surface area contributed by atoms with E-state index in [2.05, 4.69) is 17.2 Å². The van der Waals surface area contributed by atoms with Crippen LogP contribution in [0.3, 0.4) is 0 Å². The SMILES string of the molecule is CCc1cccc(OC[C@H](O)Cn2c(NCCc3ccccc3)nc3c2c(=O)n(C)c(=O)n3C)c1. The number of hydrogen-bond acceptors (Lipinski definition) is 6. The van der Waals surface area contributed by atoms with Crippen molar-refractivity contribution < 1.29 is 9.84 Å². The Hall–Kier alpha value is -3.85. The van der Waals surface area contributed by atoms with Crippen LogP contribution in [0.4, 0.5) is 5.95 Å². The number of nitrogens with zero attached hydrogens (tertiary/aromatic N) is 4. The minimum atomic E-state index is -0.908. The van der Waals surface area contributed by atoms with E-state index in [4.69, 9.17) is 4.74 Å². The zero-order valence-electron chi connectivity index (χ0n) is 20.3. The van der Waals surface area contributed by atoms with Crippen LogP contribution >= 0.6 is 0 Å². The van der Waals surface area contributed by atoms with Crippen molar-refractivity contribution in [3.05, 3.63) is 86.6 Å². The van der Waals surface area contributed by atoms with Gasteiger partial charge in [-0.3, -0.25) is 13.9 Å². The molecular formula is C26H31N5O4. The highest BCUT2D eigenvalue weighted by Gasteiger charge is 2.21. The fourth-order valence-electron chi connectivity index (χ4n) is 4.03. The van der Waals surface area contributed by atoms with Gasteiger partial charge in [-0.25, -0.2) is 4.79 Å². The van der Waals surface area contributed by atoms with Gasteiger partial charge in [0.05, 0.1) is 6.54 Å². The van der Waals surface area contributed by atoms with Gasteiger partial charge in [-0.2, -0.15) is 4.98 Å². The average Bonchev–Trinajstić information content (AvgIpc) is 3.23. The first-order valence-corrected chi connectivity index (χ1v) is 11.7. The highest BCUT2D eigenvalue weighted by molar-refractivity contribution is 5.74. The fraction of sp³-hybridized carbons (Fsp3) is 0.346. The summed E-state index contributed by atoms with van der Waals surface area (Å²) in [4.78, 5) is 30.0. The lowest BCUT2D eigenvalue weighted by Gasteiger charge is -2.16. The van der Waals surface area contributed by atoms with Crippen LogP contribution in [-0.4, -0.2) is 43.0 Å². The molecule has 4 aromatic rings. The zero-order chi connectivity index (χ0) is 24.9. The van der Waals surface area contributed by atoms with Gasteiger partial charge in [0.25, 0.3) is 5.56 Å². The van der Waals surface area contributed by atoms with Crippen LogP contribution in [0, 0.1) is 0 Å². The Morgan fingerprint density at radius 1 is 1.03 bits per heavy atom. The molecule has 0 aliphatic heterocycles. The van der Waals surface area contributed by atoms with Gasteiger partial charge in [-0.1, -0.05) is 49.4 Å². The highest BCUT2D eigenvalue weighted by Crippen LogP contribution is 2.18. The van der Waals surface area contributed by atoms with Crippen LogP contribution < -0.4 is 21.3 Å². The minimum Gasteiger partial charge on any atom is -0.491 e. The Bertz CT molecular complexity index is 1420. The number of aromatic nitrogens is 4. The topological polar surface area (TPSA) is 103 Å². The Kier molecular flexibility index (Phi) is 7.36. The molecule has 9 heteroatoms. The summed E-state index contributed by atoms with van der Waals surface area (Å²) in [6, 6.07) is 17.7. The number of aliphatic hydroxyl groups is 1. The van der Waals surface area contributed by atoms with Gasteiger partial charge in [-0.05, 0) is 36.1 Å². The molecule has 184 valence electrons. The molecular weight excluding hydrogens is 446 g/mol. The normalized spacial score (nSPS) is 12.1. The van der Waals surface area contributed by atoms with E-state index in [-0.39, 0.29) is 24.3 Å². The fourth-order valence-corrected chi connectivity index (χ4v) is 4.03. The van der Waals surface area contributed by atoms with Crippen LogP contribution in [0.1, 0.15) is 18.1 Å². The number of hydrogen-bond donors (Lipinski definition) is 2. The van der Waals surface area contributed by atoms with Gasteiger partial charge < -0.3 is 19.7 Å². The minimum absolute atomic E-state index is 0.0440. The van der Waals surface area contributed by atoms with Gasteiger partial charge in [0.1, 0.15) is 18.5 Å². The van der Waals surface area contributed by atoms with Crippen molar-refractivity contribution in [3.63, 3.8) is 0 Å². The van der Waals surface area contributed by atoms with Crippen molar-refractivity contribution in [2.75, 3.05) is 18.5 Å². The lowest BCUT2D eigenvalue weighted by Crippen LogP contribution is -2.38. The van der Waals surface area contributed by atoms with E-state index in [9.17, 15) is 14.7 Å². The number of aliphatic hydroxyl groups excluding tert-OH is 1. The van der Waals surface area contributed by atoms with E-state index in [0.29, 0.717) is 18.2 Å². The molecule has 35 heavy (non-hydrogen) atoms. The quantitative estimate of drug-likeness (QED) is 0.363. The molecule has 0 unspecified atom stereocenters. The maximum atomic E-state index is 13.0. The number of benzene rings is 2. The molecule has 0 saturated heterocycles. The van der Waals surface area contributed by atoms with Crippen molar-refractivity contribution in [2.45, 2.75) is 32.4 Å². The summed E-state index contributed by atoms with van der Waals surface area (Å²) < 4.78 is 9.83. The average molecular weight is 478 g/mol. The third-order valence-electron chi connectivity index (χ3n) is 6.03. The Balaban J connectivity index is 1.59. The number of rotatable bonds is 10. The third kappa shape index (κ3) is 5.30. The predicted molar refractivity (Wildman–Crippen MR) is 136 cm³/mol. The molecule has 4 rings (SSSR count). The maximum absolute atomic E-state index is 13.0. The monoisotopic (exact) mass is 477 g/mol. The molecule has 0 fully saturated rings. The van der Waals surface area contributed by atoms with Crippen molar-refractivity contribution in [1.29, 1.82) is 0 Å². The maximum Gasteiger partial charge on any atom is 0.332 e. The summed E-state index contributed by atoms with van der Waals surface area (Å²) >= 11 is 0. The first-order chi connectivity index (χ1) is 16.9. The molecule has 0 saturated carbocycles. The van der Waals surface area contributed by atoms with E-state index in [1.54, 1.807) is 11.6 Å². The van der Waals surface area contributed by atoms with Gasteiger partial charge in [0.15, 0.2) is 11.2 Å². The Morgan fingerprint density at radius 3 is 2.51 bits per heavy atom. The lowest BCUT2D eigenvalue weighted by molar-refractivity contribution is 0.0938. The first kappa shape index (κ1) is 24.3. The van der Waals surface area contributed by atoms with E-state index in [0.717, 1.165) is 28.5 Å². The van der Waals surface area contributed by atoms with Gasteiger partial charge >= 0.3 is 5.69 Å². The number of aryl methyl sites for hydroxylation is 2. The Morgan fingerprint density at radius 2 is 1.77 bits per heavy atom. The third-order valence-corrected chi connectivity index (χ3v) is 6.03. The van der Waals surface area contributed by atoms with Crippen molar-refractivity contribution in [2.24, 2.45) is 14.1 Å². The molecule has 2 N–H and O–H groups in total. The van der Waals surface area contributed by atoms with E-state index in [1.165, 1.54) is 11.6 Å². The second kappa shape index (κ2) is 10.6. The molecule has 0 amide bonds. The molecule has 0 radical (unpaired) electrons. The van der Waals surface area contributed by atoms with Crippen LogP contribution in [0.2, 0.25) is 0 Å². The van der Waals surface area contributed by atoms with Crippen LogP contribution in [0.25, 0.3) is 11.2 Å². The highest BCUT2D eigenvalue weighted by atomic mass is 16.5. The molecule has 2 aromatic heterocycles. The van der Waals surface area contributed by atoms with E-state index < -0.39 is 17.4 Å². The molecule has 9 nitrogen and oxygen atoms in total. The molecule has 0 spiro atoms. The number of ether oxygens (including phenoxy) is 1. The van der Waals surface area contributed by atoms with E-state index in [1.807, 2.05) is 54.6 Å². The van der Waals surface area contributed by atoms with Crippen molar-refractivity contribution >= 4 is 17.1 Å². The largest absolute Gasteiger partial charge is 0.491 e. The zero-order valence-corrected chi connectivity index (χ0v) is 20.3. The lowest BCUT2D eigenvalue weighted by atomic mass is 10.1. The van der Waals surface area contributed by atoms with Gasteiger partial charge in [0.2, 0.25) is 5.95 Å². The number of nitrogens with one attached hydrogen (secondary N) is 1. The molecule has 2 heterocycles. The van der Waals surface area contributed by atoms with E-state index >= 15 is 0 Å². The van der Waals surface area contributed by atoms with Crippen molar-refractivity contribution in [1.82, 2.24) is 18.7 Å². The molecule has 1 atom stereocenters. The second-order valence-electron chi connectivity index (χ2n) is 8.55. The van der Waals surface area contributed by atoms with Crippen LogP contribution in [0.5, 0.6) is 5.75 Å².